The molecule has 0 heterocycles. The van der Waals surface area contributed by atoms with Gasteiger partial charge >= 0.3 is 5.97 Å². The highest BCUT2D eigenvalue weighted by Gasteiger charge is 2.44. The molecule has 96 valence electrons. The Bertz CT molecular complexity index is 422. The molecule has 3 heteroatoms. The standard InChI is InChI=1S/C15H18O3/c1-3-9-18-12-7-5-11(6-8-12)13-10-14(13)15(16)17-4-2/h3,5-8,13-14H,1,4,9-10H2,2H3/t13-,14+/m0/s1. The first-order valence-electron chi connectivity index (χ1n) is 6.26. The van der Waals surface area contributed by atoms with Crippen LogP contribution in [0.2, 0.25) is 0 Å². The first kappa shape index (κ1) is 12.7. The smallest absolute Gasteiger partial charge is 0.309 e. The molecule has 0 amide bonds. The molecule has 1 aromatic rings. The molecule has 1 aliphatic carbocycles. The maximum Gasteiger partial charge on any atom is 0.309 e. The topological polar surface area (TPSA) is 35.5 Å². The van der Waals surface area contributed by atoms with E-state index in [1.165, 1.54) is 5.56 Å². The monoisotopic (exact) mass is 246 g/mol. The summed E-state index contributed by atoms with van der Waals surface area (Å²) in [5.74, 6) is 1.11. The van der Waals surface area contributed by atoms with Crippen LogP contribution in [-0.2, 0) is 9.53 Å². The highest BCUT2D eigenvalue weighted by Crippen LogP contribution is 2.48. The molecule has 0 unspecified atom stereocenters. The molecule has 0 aromatic heterocycles. The average Bonchev–Trinajstić information content (AvgIpc) is 3.17. The summed E-state index contributed by atoms with van der Waals surface area (Å²) in [6, 6.07) is 7.89. The van der Waals surface area contributed by atoms with E-state index in [1.54, 1.807) is 6.08 Å². The fraction of sp³-hybridized carbons (Fsp3) is 0.400. The molecule has 18 heavy (non-hydrogen) atoms. The third-order valence-corrected chi connectivity index (χ3v) is 3.06. The fourth-order valence-corrected chi connectivity index (χ4v) is 2.04. The molecule has 0 bridgehead atoms. The third-order valence-electron chi connectivity index (χ3n) is 3.06. The van der Waals surface area contributed by atoms with Gasteiger partial charge < -0.3 is 9.47 Å². The molecule has 0 aliphatic heterocycles. The van der Waals surface area contributed by atoms with Gasteiger partial charge in [0.15, 0.2) is 0 Å². The van der Waals surface area contributed by atoms with Crippen LogP contribution >= 0.6 is 0 Å². The molecule has 2 rings (SSSR count). The normalized spacial score (nSPS) is 21.2. The largest absolute Gasteiger partial charge is 0.490 e. The van der Waals surface area contributed by atoms with E-state index in [0.29, 0.717) is 19.1 Å². The van der Waals surface area contributed by atoms with Crippen molar-refractivity contribution in [3.05, 3.63) is 42.5 Å². The van der Waals surface area contributed by atoms with E-state index >= 15 is 0 Å². The van der Waals surface area contributed by atoms with Gasteiger partial charge in [0.05, 0.1) is 12.5 Å². The van der Waals surface area contributed by atoms with E-state index < -0.39 is 0 Å². The molecule has 1 aromatic carbocycles. The maximum absolute atomic E-state index is 11.5. The van der Waals surface area contributed by atoms with Crippen molar-refractivity contribution in [2.75, 3.05) is 13.2 Å². The van der Waals surface area contributed by atoms with Gasteiger partial charge in [0.1, 0.15) is 12.4 Å². The summed E-state index contributed by atoms with van der Waals surface area (Å²) in [7, 11) is 0. The van der Waals surface area contributed by atoms with Gasteiger partial charge in [0.25, 0.3) is 0 Å². The van der Waals surface area contributed by atoms with Crippen LogP contribution in [-0.4, -0.2) is 19.2 Å². The number of esters is 1. The van der Waals surface area contributed by atoms with E-state index in [0.717, 1.165) is 12.2 Å². The van der Waals surface area contributed by atoms with Gasteiger partial charge in [-0.15, -0.1) is 0 Å². The molecule has 0 saturated heterocycles. The Morgan fingerprint density at radius 3 is 2.78 bits per heavy atom. The van der Waals surface area contributed by atoms with E-state index in [9.17, 15) is 4.79 Å². The Morgan fingerprint density at radius 1 is 1.44 bits per heavy atom. The summed E-state index contributed by atoms with van der Waals surface area (Å²) in [6.45, 7) is 6.40. The molecular formula is C15H18O3. The zero-order valence-corrected chi connectivity index (χ0v) is 10.6. The molecule has 1 aliphatic rings. The van der Waals surface area contributed by atoms with Gasteiger partial charge in [-0.1, -0.05) is 24.8 Å². The molecule has 0 N–H and O–H groups in total. The fourth-order valence-electron chi connectivity index (χ4n) is 2.04. The second-order valence-electron chi connectivity index (χ2n) is 4.37. The van der Waals surface area contributed by atoms with Crippen molar-refractivity contribution < 1.29 is 14.3 Å². The predicted octanol–water partition coefficient (Wildman–Crippen LogP) is 2.92. The van der Waals surface area contributed by atoms with Crippen molar-refractivity contribution in [2.45, 2.75) is 19.3 Å². The van der Waals surface area contributed by atoms with Crippen molar-refractivity contribution in [1.29, 1.82) is 0 Å². The van der Waals surface area contributed by atoms with Crippen LogP contribution < -0.4 is 4.74 Å². The van der Waals surface area contributed by atoms with Crippen LogP contribution in [0.3, 0.4) is 0 Å². The highest BCUT2D eigenvalue weighted by atomic mass is 16.5. The zero-order chi connectivity index (χ0) is 13.0. The highest BCUT2D eigenvalue weighted by molar-refractivity contribution is 5.77. The van der Waals surface area contributed by atoms with Crippen LogP contribution in [0.5, 0.6) is 5.75 Å². The first-order valence-corrected chi connectivity index (χ1v) is 6.26. The number of rotatable bonds is 6. The molecule has 1 fully saturated rings. The molecule has 0 spiro atoms. The molecule has 2 atom stereocenters. The van der Waals surface area contributed by atoms with E-state index in [2.05, 4.69) is 6.58 Å². The number of benzene rings is 1. The number of carbonyl (C=O) groups excluding carboxylic acids is 1. The lowest BCUT2D eigenvalue weighted by Gasteiger charge is -2.05. The summed E-state index contributed by atoms with van der Waals surface area (Å²) in [4.78, 5) is 11.5. The van der Waals surface area contributed by atoms with Crippen LogP contribution in [0.1, 0.15) is 24.8 Å². The lowest BCUT2D eigenvalue weighted by molar-refractivity contribution is -0.144. The minimum Gasteiger partial charge on any atom is -0.490 e. The molecular weight excluding hydrogens is 228 g/mol. The van der Waals surface area contributed by atoms with Gasteiger partial charge in [-0.05, 0) is 37.0 Å². The quantitative estimate of drug-likeness (QED) is 0.572. The molecule has 3 nitrogen and oxygen atoms in total. The summed E-state index contributed by atoms with van der Waals surface area (Å²) in [6.07, 6.45) is 2.61. The Morgan fingerprint density at radius 2 is 2.17 bits per heavy atom. The van der Waals surface area contributed by atoms with Crippen molar-refractivity contribution in [3.8, 4) is 5.75 Å². The average molecular weight is 246 g/mol. The van der Waals surface area contributed by atoms with Crippen LogP contribution in [0, 0.1) is 5.92 Å². The Kier molecular flexibility index (Phi) is 4.03. The minimum absolute atomic E-state index is 0.0462. The van der Waals surface area contributed by atoms with Crippen molar-refractivity contribution >= 4 is 5.97 Å². The molecule has 1 saturated carbocycles. The number of ether oxygens (including phenoxy) is 2. The Hall–Kier alpha value is -1.77. The van der Waals surface area contributed by atoms with Gasteiger partial charge in [-0.25, -0.2) is 0 Å². The zero-order valence-electron chi connectivity index (χ0n) is 10.6. The van der Waals surface area contributed by atoms with E-state index in [-0.39, 0.29) is 11.9 Å². The van der Waals surface area contributed by atoms with Crippen molar-refractivity contribution in [1.82, 2.24) is 0 Å². The second-order valence-corrected chi connectivity index (χ2v) is 4.37. The molecule has 0 radical (unpaired) electrons. The summed E-state index contributed by atoms with van der Waals surface area (Å²) in [5, 5.41) is 0. The number of hydrogen-bond donors (Lipinski definition) is 0. The SMILES string of the molecule is C=CCOc1ccc([C@@H]2C[C@H]2C(=O)OCC)cc1. The van der Waals surface area contributed by atoms with Crippen molar-refractivity contribution in [3.63, 3.8) is 0 Å². The van der Waals surface area contributed by atoms with Gasteiger partial charge in [0, 0.05) is 0 Å². The Labute approximate surface area is 107 Å². The minimum atomic E-state index is -0.0746. The maximum atomic E-state index is 11.5. The summed E-state index contributed by atoms with van der Waals surface area (Å²) < 4.78 is 10.4. The van der Waals surface area contributed by atoms with E-state index in [4.69, 9.17) is 9.47 Å². The van der Waals surface area contributed by atoms with Crippen LogP contribution in [0.15, 0.2) is 36.9 Å². The van der Waals surface area contributed by atoms with Crippen LogP contribution in [0.4, 0.5) is 0 Å². The van der Waals surface area contributed by atoms with Gasteiger partial charge in [-0.3, -0.25) is 4.79 Å². The number of hydrogen-bond acceptors (Lipinski definition) is 3. The van der Waals surface area contributed by atoms with Crippen LogP contribution in [0.25, 0.3) is 0 Å². The van der Waals surface area contributed by atoms with Crippen molar-refractivity contribution in [2.24, 2.45) is 5.92 Å². The predicted molar refractivity (Wildman–Crippen MR) is 69.6 cm³/mol. The summed E-state index contributed by atoms with van der Waals surface area (Å²) >= 11 is 0. The lowest BCUT2D eigenvalue weighted by atomic mass is 10.1. The first-order chi connectivity index (χ1) is 8.76. The number of carbonyl (C=O) groups is 1. The summed E-state index contributed by atoms with van der Waals surface area (Å²) in [5.41, 5.74) is 1.18. The lowest BCUT2D eigenvalue weighted by Crippen LogP contribution is -2.07. The Balaban J connectivity index is 1.91. The van der Waals surface area contributed by atoms with Gasteiger partial charge in [0.2, 0.25) is 0 Å². The van der Waals surface area contributed by atoms with Gasteiger partial charge in [-0.2, -0.15) is 0 Å². The third kappa shape index (κ3) is 2.92. The van der Waals surface area contributed by atoms with E-state index in [1.807, 2.05) is 31.2 Å². The second kappa shape index (κ2) is 5.71.